The molecule has 0 spiro atoms. The van der Waals surface area contributed by atoms with E-state index in [1.807, 2.05) is 13.0 Å². The smallest absolute Gasteiger partial charge is 0.225 e. The molecule has 5 nitrogen and oxygen atoms in total. The van der Waals surface area contributed by atoms with Gasteiger partial charge < -0.3 is 19.8 Å². The second kappa shape index (κ2) is 6.42. The van der Waals surface area contributed by atoms with Crippen LogP contribution >= 0.6 is 0 Å². The van der Waals surface area contributed by atoms with Crippen LogP contribution in [0.1, 0.15) is 17.7 Å². The van der Waals surface area contributed by atoms with Crippen LogP contribution in [0.4, 0.5) is 0 Å². The molecule has 96 valence electrons. The summed E-state index contributed by atoms with van der Waals surface area (Å²) in [6.45, 7) is 2.77. The quantitative estimate of drug-likeness (QED) is 0.802. The largest absolute Gasteiger partial charge is 0.469 e. The summed E-state index contributed by atoms with van der Waals surface area (Å²) in [6.07, 6.45) is 1.72. The molecule has 1 aromatic heterocycles. The summed E-state index contributed by atoms with van der Waals surface area (Å²) < 4.78 is 10.3. The lowest BCUT2D eigenvalue weighted by Gasteiger charge is -2.19. The Morgan fingerprint density at radius 3 is 2.82 bits per heavy atom. The van der Waals surface area contributed by atoms with Gasteiger partial charge in [-0.1, -0.05) is 0 Å². The number of hydrogen-bond acceptors (Lipinski definition) is 4. The second-order valence-electron chi connectivity index (χ2n) is 4.05. The van der Waals surface area contributed by atoms with Crippen molar-refractivity contribution in [3.05, 3.63) is 23.7 Å². The molecule has 1 amide bonds. The standard InChI is InChI=1S/C12H20N2O3/c1-9-10(4-5-17-9)8-14(2)12(15)6-11(7-13)16-3/h4-5,11H,6-8,13H2,1-3H3. The van der Waals surface area contributed by atoms with Crippen molar-refractivity contribution >= 4 is 5.91 Å². The molecular formula is C12H20N2O3. The molecule has 0 saturated carbocycles. The zero-order valence-electron chi connectivity index (χ0n) is 10.6. The van der Waals surface area contributed by atoms with Crippen molar-refractivity contribution in [2.45, 2.75) is 26.0 Å². The van der Waals surface area contributed by atoms with Crippen LogP contribution in [-0.4, -0.2) is 37.6 Å². The van der Waals surface area contributed by atoms with Crippen LogP contribution in [0.15, 0.2) is 16.7 Å². The van der Waals surface area contributed by atoms with Gasteiger partial charge in [-0.15, -0.1) is 0 Å². The van der Waals surface area contributed by atoms with Crippen LogP contribution in [-0.2, 0) is 16.1 Å². The first-order valence-corrected chi connectivity index (χ1v) is 5.58. The third-order valence-corrected chi connectivity index (χ3v) is 2.80. The van der Waals surface area contributed by atoms with Gasteiger partial charge in [0.2, 0.25) is 5.91 Å². The van der Waals surface area contributed by atoms with Crippen molar-refractivity contribution in [3.8, 4) is 0 Å². The SMILES string of the molecule is COC(CN)CC(=O)N(C)Cc1ccoc1C. The van der Waals surface area contributed by atoms with E-state index in [0.717, 1.165) is 11.3 Å². The maximum atomic E-state index is 11.9. The molecule has 0 aliphatic heterocycles. The highest BCUT2D eigenvalue weighted by Crippen LogP contribution is 2.12. The minimum absolute atomic E-state index is 0.0166. The molecule has 1 rings (SSSR count). The molecule has 17 heavy (non-hydrogen) atoms. The van der Waals surface area contributed by atoms with E-state index in [1.54, 1.807) is 25.3 Å². The summed E-state index contributed by atoms with van der Waals surface area (Å²) in [6, 6.07) is 1.87. The molecule has 1 unspecified atom stereocenters. The monoisotopic (exact) mass is 240 g/mol. The highest BCUT2D eigenvalue weighted by atomic mass is 16.5. The second-order valence-corrected chi connectivity index (χ2v) is 4.05. The van der Waals surface area contributed by atoms with E-state index in [4.69, 9.17) is 14.9 Å². The molecule has 0 radical (unpaired) electrons. The van der Waals surface area contributed by atoms with Crippen molar-refractivity contribution in [2.24, 2.45) is 5.73 Å². The summed E-state index contributed by atoms with van der Waals surface area (Å²) in [5, 5.41) is 0. The number of amides is 1. The van der Waals surface area contributed by atoms with Crippen LogP contribution in [0.3, 0.4) is 0 Å². The fourth-order valence-corrected chi connectivity index (χ4v) is 1.53. The number of carbonyl (C=O) groups excluding carboxylic acids is 1. The summed E-state index contributed by atoms with van der Waals surface area (Å²) in [5.74, 6) is 0.856. The van der Waals surface area contributed by atoms with Gasteiger partial charge in [-0.2, -0.15) is 0 Å². The summed E-state index contributed by atoms with van der Waals surface area (Å²) >= 11 is 0. The van der Waals surface area contributed by atoms with E-state index in [9.17, 15) is 4.79 Å². The third-order valence-electron chi connectivity index (χ3n) is 2.80. The lowest BCUT2D eigenvalue weighted by atomic mass is 10.2. The Kier molecular flexibility index (Phi) is 5.18. The minimum atomic E-state index is -0.213. The molecule has 0 aliphatic carbocycles. The van der Waals surface area contributed by atoms with Crippen LogP contribution in [0, 0.1) is 6.92 Å². The number of furan rings is 1. The first-order valence-electron chi connectivity index (χ1n) is 5.58. The first-order chi connectivity index (χ1) is 8.08. The predicted octanol–water partition coefficient (Wildman–Crippen LogP) is 0.910. The molecule has 0 fully saturated rings. The van der Waals surface area contributed by atoms with Crippen molar-refractivity contribution < 1.29 is 13.9 Å². The average molecular weight is 240 g/mol. The van der Waals surface area contributed by atoms with Crippen molar-refractivity contribution in [1.29, 1.82) is 0 Å². The van der Waals surface area contributed by atoms with Gasteiger partial charge >= 0.3 is 0 Å². The highest BCUT2D eigenvalue weighted by Gasteiger charge is 2.16. The van der Waals surface area contributed by atoms with Crippen LogP contribution in [0.2, 0.25) is 0 Å². The summed E-state index contributed by atoms with van der Waals surface area (Å²) in [7, 11) is 3.32. The number of hydrogen-bond donors (Lipinski definition) is 1. The van der Waals surface area contributed by atoms with E-state index >= 15 is 0 Å². The lowest BCUT2D eigenvalue weighted by molar-refractivity contribution is -0.132. The molecule has 0 saturated heterocycles. The van der Waals surface area contributed by atoms with Crippen LogP contribution < -0.4 is 5.73 Å². The summed E-state index contributed by atoms with van der Waals surface area (Å²) in [4.78, 5) is 13.5. The van der Waals surface area contributed by atoms with E-state index in [1.165, 1.54) is 0 Å². The van der Waals surface area contributed by atoms with E-state index in [0.29, 0.717) is 19.5 Å². The van der Waals surface area contributed by atoms with E-state index in [2.05, 4.69) is 0 Å². The van der Waals surface area contributed by atoms with E-state index in [-0.39, 0.29) is 12.0 Å². The molecule has 0 bridgehead atoms. The first kappa shape index (κ1) is 13.7. The van der Waals surface area contributed by atoms with Crippen molar-refractivity contribution in [1.82, 2.24) is 4.90 Å². The van der Waals surface area contributed by atoms with Gasteiger partial charge in [0.05, 0.1) is 18.8 Å². The number of aryl methyl sites for hydroxylation is 1. The number of nitrogens with two attached hydrogens (primary N) is 1. The fourth-order valence-electron chi connectivity index (χ4n) is 1.53. The number of methoxy groups -OCH3 is 1. The Morgan fingerprint density at radius 2 is 2.35 bits per heavy atom. The van der Waals surface area contributed by atoms with Crippen molar-refractivity contribution in [2.75, 3.05) is 20.7 Å². The maximum absolute atomic E-state index is 11.9. The van der Waals surface area contributed by atoms with Crippen LogP contribution in [0.5, 0.6) is 0 Å². The Hall–Kier alpha value is -1.33. The minimum Gasteiger partial charge on any atom is -0.469 e. The van der Waals surface area contributed by atoms with Gasteiger partial charge in [0.1, 0.15) is 5.76 Å². The molecule has 0 aromatic carbocycles. The Morgan fingerprint density at radius 1 is 1.65 bits per heavy atom. The van der Waals surface area contributed by atoms with Gasteiger partial charge in [0, 0.05) is 32.8 Å². The Balaban J connectivity index is 2.50. The van der Waals surface area contributed by atoms with E-state index < -0.39 is 0 Å². The third kappa shape index (κ3) is 3.87. The lowest BCUT2D eigenvalue weighted by Crippen LogP contribution is -2.33. The molecule has 5 heteroatoms. The topological polar surface area (TPSA) is 68.7 Å². The van der Waals surface area contributed by atoms with Gasteiger partial charge in [0.25, 0.3) is 0 Å². The Bertz CT molecular complexity index is 358. The fraction of sp³-hybridized carbons (Fsp3) is 0.583. The average Bonchev–Trinajstić information content (AvgIpc) is 2.71. The molecular weight excluding hydrogens is 220 g/mol. The molecule has 2 N–H and O–H groups in total. The maximum Gasteiger partial charge on any atom is 0.225 e. The Labute approximate surface area is 102 Å². The zero-order valence-corrected chi connectivity index (χ0v) is 10.6. The van der Waals surface area contributed by atoms with Crippen molar-refractivity contribution in [3.63, 3.8) is 0 Å². The molecule has 1 heterocycles. The van der Waals surface area contributed by atoms with Gasteiger partial charge in [-0.25, -0.2) is 0 Å². The van der Waals surface area contributed by atoms with Gasteiger partial charge in [-0.05, 0) is 13.0 Å². The highest BCUT2D eigenvalue weighted by molar-refractivity contribution is 5.76. The zero-order chi connectivity index (χ0) is 12.8. The van der Waals surface area contributed by atoms with Crippen LogP contribution in [0.25, 0.3) is 0 Å². The number of ether oxygens (including phenoxy) is 1. The predicted molar refractivity (Wildman–Crippen MR) is 64.4 cm³/mol. The number of carbonyl (C=O) groups is 1. The number of nitrogens with zero attached hydrogens (tertiary/aromatic N) is 1. The number of rotatable bonds is 6. The summed E-state index contributed by atoms with van der Waals surface area (Å²) in [5.41, 5.74) is 6.50. The molecule has 1 atom stereocenters. The normalized spacial score (nSPS) is 12.5. The molecule has 1 aromatic rings. The molecule has 0 aliphatic rings. The van der Waals surface area contributed by atoms with Gasteiger partial charge in [0.15, 0.2) is 0 Å². The van der Waals surface area contributed by atoms with Gasteiger partial charge in [-0.3, -0.25) is 4.79 Å².